The van der Waals surface area contributed by atoms with E-state index in [9.17, 15) is 4.79 Å². The number of rotatable bonds is 24. The average molecular weight is 509 g/mol. The maximum absolute atomic E-state index is 11.5. The number of hydrogen-bond acceptors (Lipinski definition) is 8. The lowest BCUT2D eigenvalue weighted by Crippen LogP contribution is -2.41. The molecule has 34 heavy (non-hydrogen) atoms. The molecule has 0 saturated heterocycles. The predicted octanol–water partition coefficient (Wildman–Crippen LogP) is 4.60. The molecule has 0 aromatic rings. The van der Waals surface area contributed by atoms with Crippen molar-refractivity contribution in [1.82, 2.24) is 0 Å². The van der Waals surface area contributed by atoms with E-state index >= 15 is 0 Å². The van der Waals surface area contributed by atoms with E-state index in [1.165, 1.54) is 6.42 Å². The third-order valence-electron chi connectivity index (χ3n) is 5.71. The minimum absolute atomic E-state index is 0.142. The number of esters is 1. The van der Waals surface area contributed by atoms with Gasteiger partial charge in [0.1, 0.15) is 6.61 Å². The molecule has 8 nitrogen and oxygen atoms in total. The van der Waals surface area contributed by atoms with E-state index in [2.05, 4.69) is 40.8 Å². The fourth-order valence-corrected chi connectivity index (χ4v) is 3.56. The van der Waals surface area contributed by atoms with Crippen LogP contribution >= 0.6 is 0 Å². The number of unbranched alkanes of at least 4 members (excludes halogenated alkanes) is 3. The maximum Gasteiger partial charge on any atom is 0.305 e. The summed E-state index contributed by atoms with van der Waals surface area (Å²) in [6.45, 7) is 19.4. The Morgan fingerprint density at radius 1 is 0.618 bits per heavy atom. The summed E-state index contributed by atoms with van der Waals surface area (Å²) < 4.78 is 38.5. The highest BCUT2D eigenvalue weighted by atomic mass is 28.4. The van der Waals surface area contributed by atoms with Crippen LogP contribution in [0.1, 0.15) is 59.8 Å². The van der Waals surface area contributed by atoms with Crippen LogP contribution in [0.4, 0.5) is 0 Å². The van der Waals surface area contributed by atoms with Crippen LogP contribution in [-0.4, -0.2) is 93.6 Å². The lowest BCUT2D eigenvalue weighted by atomic mass is 10.2. The zero-order valence-corrected chi connectivity index (χ0v) is 23.8. The summed E-state index contributed by atoms with van der Waals surface area (Å²) in [5.74, 6) is -0.142. The highest BCUT2D eigenvalue weighted by Crippen LogP contribution is 2.36. The van der Waals surface area contributed by atoms with Gasteiger partial charge in [0.15, 0.2) is 8.32 Å². The molecule has 0 amide bonds. The third kappa shape index (κ3) is 20.8. The standard InChI is InChI=1S/C25H52O8Si/c1-7-8-9-10-11-24(26)32-22-20-30-18-16-28-14-12-27-13-15-29-17-19-31-21-23-33-34(5,6)25(2,3)4/h7-23H2,1-6H3. The Balaban J connectivity index is 3.23. The van der Waals surface area contributed by atoms with Crippen molar-refractivity contribution in [3.8, 4) is 0 Å². The van der Waals surface area contributed by atoms with Crippen molar-refractivity contribution in [1.29, 1.82) is 0 Å². The average Bonchev–Trinajstić information content (AvgIpc) is 2.77. The van der Waals surface area contributed by atoms with Crippen molar-refractivity contribution in [2.45, 2.75) is 77.9 Å². The first-order valence-electron chi connectivity index (χ1n) is 12.9. The van der Waals surface area contributed by atoms with Crippen molar-refractivity contribution >= 4 is 14.3 Å². The molecule has 0 aromatic heterocycles. The van der Waals surface area contributed by atoms with Gasteiger partial charge in [-0.1, -0.05) is 47.0 Å². The first-order chi connectivity index (χ1) is 16.2. The number of carbonyl (C=O) groups is 1. The molecule has 0 N–H and O–H groups in total. The molecule has 204 valence electrons. The Kier molecular flexibility index (Phi) is 21.4. The van der Waals surface area contributed by atoms with E-state index in [1.54, 1.807) is 0 Å². The molecule has 9 heteroatoms. The van der Waals surface area contributed by atoms with Gasteiger partial charge in [0.2, 0.25) is 0 Å². The molecule has 0 heterocycles. The van der Waals surface area contributed by atoms with Crippen LogP contribution in [0.5, 0.6) is 0 Å². The van der Waals surface area contributed by atoms with E-state index in [1.807, 2.05) is 0 Å². The van der Waals surface area contributed by atoms with Gasteiger partial charge in [-0.05, 0) is 24.6 Å². The van der Waals surface area contributed by atoms with Gasteiger partial charge in [0.25, 0.3) is 0 Å². The molecule has 0 rings (SSSR count). The van der Waals surface area contributed by atoms with Crippen LogP contribution in [0.2, 0.25) is 18.1 Å². The van der Waals surface area contributed by atoms with Crippen LogP contribution in [-0.2, 0) is 37.6 Å². The molecule has 0 aromatic carbocycles. The molecule has 0 aliphatic carbocycles. The molecule has 0 aliphatic heterocycles. The summed E-state index contributed by atoms with van der Waals surface area (Å²) in [4.78, 5) is 11.5. The van der Waals surface area contributed by atoms with Crippen LogP contribution in [0.3, 0.4) is 0 Å². The van der Waals surface area contributed by atoms with E-state index in [4.69, 9.17) is 32.8 Å². The van der Waals surface area contributed by atoms with Crippen LogP contribution in [0, 0.1) is 0 Å². The van der Waals surface area contributed by atoms with Gasteiger partial charge >= 0.3 is 5.97 Å². The summed E-state index contributed by atoms with van der Waals surface area (Å²) >= 11 is 0. The second-order valence-electron chi connectivity index (χ2n) is 9.70. The van der Waals surface area contributed by atoms with E-state index in [-0.39, 0.29) is 11.0 Å². The van der Waals surface area contributed by atoms with Crippen LogP contribution < -0.4 is 0 Å². The number of carbonyl (C=O) groups excluding carboxylic acids is 1. The van der Waals surface area contributed by atoms with E-state index in [0.717, 1.165) is 19.3 Å². The second-order valence-corrected chi connectivity index (χ2v) is 14.5. The molecule has 0 saturated carbocycles. The minimum Gasteiger partial charge on any atom is -0.463 e. The summed E-state index contributed by atoms with van der Waals surface area (Å²) in [5, 5.41) is 0.222. The zero-order chi connectivity index (χ0) is 25.5. The highest BCUT2D eigenvalue weighted by molar-refractivity contribution is 6.74. The molecular formula is C25H52O8Si. The Labute approximate surface area is 209 Å². The first-order valence-corrected chi connectivity index (χ1v) is 15.8. The fourth-order valence-electron chi connectivity index (χ4n) is 2.54. The third-order valence-corrected chi connectivity index (χ3v) is 10.2. The van der Waals surface area contributed by atoms with Gasteiger partial charge in [0, 0.05) is 6.42 Å². The Hall–Kier alpha value is -0.553. The quantitative estimate of drug-likeness (QED) is 0.106. The van der Waals surface area contributed by atoms with Gasteiger partial charge in [-0.2, -0.15) is 0 Å². The zero-order valence-electron chi connectivity index (χ0n) is 22.8. The van der Waals surface area contributed by atoms with Crippen LogP contribution in [0.15, 0.2) is 0 Å². The lowest BCUT2D eigenvalue weighted by molar-refractivity contribution is -0.145. The Morgan fingerprint density at radius 2 is 1.03 bits per heavy atom. The Morgan fingerprint density at radius 3 is 1.44 bits per heavy atom. The maximum atomic E-state index is 11.5. The van der Waals surface area contributed by atoms with Crippen molar-refractivity contribution in [3.05, 3.63) is 0 Å². The largest absolute Gasteiger partial charge is 0.463 e. The van der Waals surface area contributed by atoms with Crippen molar-refractivity contribution in [2.24, 2.45) is 0 Å². The summed E-state index contributed by atoms with van der Waals surface area (Å²) in [6.07, 6.45) is 4.81. The smallest absolute Gasteiger partial charge is 0.305 e. The molecule has 0 unspecified atom stereocenters. The minimum atomic E-state index is -1.69. The fraction of sp³-hybridized carbons (Fsp3) is 0.960. The number of hydrogen-bond donors (Lipinski definition) is 0. The Bertz CT molecular complexity index is 468. The predicted molar refractivity (Wildman–Crippen MR) is 137 cm³/mol. The van der Waals surface area contributed by atoms with Crippen LogP contribution in [0.25, 0.3) is 0 Å². The normalized spacial score (nSPS) is 12.3. The molecule has 0 spiro atoms. The highest BCUT2D eigenvalue weighted by Gasteiger charge is 2.36. The lowest BCUT2D eigenvalue weighted by Gasteiger charge is -2.36. The van der Waals surface area contributed by atoms with E-state index in [0.29, 0.717) is 85.7 Å². The van der Waals surface area contributed by atoms with Gasteiger partial charge < -0.3 is 32.8 Å². The monoisotopic (exact) mass is 508 g/mol. The van der Waals surface area contributed by atoms with Gasteiger partial charge in [-0.25, -0.2) is 0 Å². The molecule has 0 bridgehead atoms. The summed E-state index contributed by atoms with van der Waals surface area (Å²) in [5.41, 5.74) is 0. The van der Waals surface area contributed by atoms with E-state index < -0.39 is 8.32 Å². The molecule has 0 aliphatic rings. The first kappa shape index (κ1) is 33.4. The summed E-state index contributed by atoms with van der Waals surface area (Å²) in [6, 6.07) is 0. The van der Waals surface area contributed by atoms with Gasteiger partial charge in [-0.3, -0.25) is 4.79 Å². The van der Waals surface area contributed by atoms with Gasteiger partial charge in [-0.15, -0.1) is 0 Å². The second kappa shape index (κ2) is 21.7. The molecule has 0 atom stereocenters. The van der Waals surface area contributed by atoms with Crippen molar-refractivity contribution in [3.63, 3.8) is 0 Å². The van der Waals surface area contributed by atoms with Crippen molar-refractivity contribution in [2.75, 3.05) is 79.3 Å². The van der Waals surface area contributed by atoms with Gasteiger partial charge in [0.05, 0.1) is 72.7 Å². The molecular weight excluding hydrogens is 456 g/mol. The van der Waals surface area contributed by atoms with Crippen molar-refractivity contribution < 1.29 is 37.6 Å². The molecule has 0 fully saturated rings. The molecule has 0 radical (unpaired) electrons. The summed E-state index contributed by atoms with van der Waals surface area (Å²) in [7, 11) is -1.69. The topological polar surface area (TPSA) is 81.7 Å². The SMILES string of the molecule is CCCCCCC(=O)OCCOCCOCCOCCOCCOCCO[Si](C)(C)C(C)(C)C. The number of ether oxygens (including phenoxy) is 6.